The van der Waals surface area contributed by atoms with E-state index < -0.39 is 0 Å². The predicted octanol–water partition coefficient (Wildman–Crippen LogP) is 5.19. The number of nitrogen functional groups attached to an aromatic ring is 1. The van der Waals surface area contributed by atoms with Crippen molar-refractivity contribution in [1.29, 1.82) is 0 Å². The van der Waals surface area contributed by atoms with E-state index in [4.69, 9.17) is 28.9 Å². The molecule has 0 spiro atoms. The Morgan fingerprint density at radius 3 is 2.65 bits per heavy atom. The van der Waals surface area contributed by atoms with Crippen molar-refractivity contribution in [2.45, 2.75) is 6.92 Å². The summed E-state index contributed by atoms with van der Waals surface area (Å²) >= 11 is 15.8. The van der Waals surface area contributed by atoms with E-state index in [-0.39, 0.29) is 0 Å². The van der Waals surface area contributed by atoms with Crippen molar-refractivity contribution in [3.63, 3.8) is 0 Å². The number of imidazole rings is 1. The maximum atomic E-state index is 6.23. The molecule has 0 radical (unpaired) electrons. The molecule has 0 aliphatic rings. The van der Waals surface area contributed by atoms with Crippen molar-refractivity contribution in [3.8, 4) is 11.4 Å². The van der Waals surface area contributed by atoms with Crippen molar-refractivity contribution in [1.82, 2.24) is 9.97 Å². The van der Waals surface area contributed by atoms with Crippen molar-refractivity contribution >= 4 is 55.9 Å². The quantitative estimate of drug-likeness (QED) is 0.579. The Morgan fingerprint density at radius 2 is 1.90 bits per heavy atom. The van der Waals surface area contributed by atoms with Crippen molar-refractivity contribution in [2.75, 3.05) is 5.73 Å². The van der Waals surface area contributed by atoms with Gasteiger partial charge in [-0.2, -0.15) is 0 Å². The molecular formula is C14H10BrCl2N3. The number of aromatic amines is 1. The summed E-state index contributed by atoms with van der Waals surface area (Å²) < 4.78 is 0.989. The molecule has 3 aromatic rings. The molecule has 1 heterocycles. The number of aromatic nitrogens is 2. The zero-order chi connectivity index (χ0) is 14.4. The lowest BCUT2D eigenvalue weighted by atomic mass is 10.1. The lowest BCUT2D eigenvalue weighted by Gasteiger charge is -2.06. The highest BCUT2D eigenvalue weighted by atomic mass is 79.9. The number of hydrogen-bond donors (Lipinski definition) is 2. The molecule has 0 unspecified atom stereocenters. The fourth-order valence-electron chi connectivity index (χ4n) is 2.17. The normalized spacial score (nSPS) is 11.2. The molecule has 0 aliphatic heterocycles. The Bertz CT molecular complexity index is 827. The zero-order valence-corrected chi connectivity index (χ0v) is 13.6. The fraction of sp³-hybridized carbons (Fsp3) is 0.0714. The van der Waals surface area contributed by atoms with Gasteiger partial charge in [0.1, 0.15) is 5.82 Å². The molecule has 0 atom stereocenters. The minimum atomic E-state index is 0.426. The minimum absolute atomic E-state index is 0.426. The van der Waals surface area contributed by atoms with Crippen LogP contribution in [0.4, 0.5) is 5.69 Å². The number of benzene rings is 2. The third-order valence-corrected chi connectivity index (χ3v) is 4.22. The van der Waals surface area contributed by atoms with Crippen molar-refractivity contribution < 1.29 is 0 Å². The number of anilines is 1. The molecule has 3 rings (SSSR count). The van der Waals surface area contributed by atoms with Crippen LogP contribution in [-0.2, 0) is 0 Å². The molecule has 102 valence electrons. The van der Waals surface area contributed by atoms with Crippen LogP contribution in [0.1, 0.15) is 5.56 Å². The van der Waals surface area contributed by atoms with Gasteiger partial charge in [-0.1, -0.05) is 39.1 Å². The first-order chi connectivity index (χ1) is 9.47. The van der Waals surface area contributed by atoms with E-state index in [1.54, 1.807) is 12.1 Å². The number of nitrogens with one attached hydrogen (secondary N) is 1. The number of aryl methyl sites for hydroxylation is 1. The standard InChI is InChI=1S/C14H10BrCl2N3/c1-6-4-7(15)5-10-13(6)20-14(19-10)11-8(16)2-3-9(17)12(11)18/h2-5H,18H2,1H3,(H,19,20). The molecule has 0 fully saturated rings. The van der Waals surface area contributed by atoms with Crippen LogP contribution in [0.5, 0.6) is 0 Å². The molecule has 3 N–H and O–H groups in total. The molecule has 0 aliphatic carbocycles. The topological polar surface area (TPSA) is 54.7 Å². The zero-order valence-electron chi connectivity index (χ0n) is 10.5. The van der Waals surface area contributed by atoms with E-state index in [2.05, 4.69) is 25.9 Å². The van der Waals surface area contributed by atoms with Gasteiger partial charge in [-0.15, -0.1) is 0 Å². The van der Waals surface area contributed by atoms with Gasteiger partial charge in [0.2, 0.25) is 0 Å². The van der Waals surface area contributed by atoms with Crippen LogP contribution in [0.25, 0.3) is 22.4 Å². The number of nitrogens with zero attached hydrogens (tertiary/aromatic N) is 1. The third kappa shape index (κ3) is 2.18. The summed E-state index contributed by atoms with van der Waals surface area (Å²) in [6.07, 6.45) is 0. The number of H-pyrrole nitrogens is 1. The van der Waals surface area contributed by atoms with E-state index in [0.717, 1.165) is 21.1 Å². The fourth-order valence-corrected chi connectivity index (χ4v) is 3.16. The maximum Gasteiger partial charge on any atom is 0.142 e. The molecule has 0 amide bonds. The van der Waals surface area contributed by atoms with E-state index in [1.807, 2.05) is 19.1 Å². The number of rotatable bonds is 1. The summed E-state index contributed by atoms with van der Waals surface area (Å²) in [5.74, 6) is 0.617. The Balaban J connectivity index is 2.31. The minimum Gasteiger partial charge on any atom is -0.397 e. The first-order valence-corrected chi connectivity index (χ1v) is 7.42. The van der Waals surface area contributed by atoms with Crippen LogP contribution in [0.2, 0.25) is 10.0 Å². The molecule has 0 bridgehead atoms. The Labute approximate surface area is 134 Å². The summed E-state index contributed by atoms with van der Waals surface area (Å²) in [7, 11) is 0. The summed E-state index contributed by atoms with van der Waals surface area (Å²) in [4.78, 5) is 7.83. The summed E-state index contributed by atoms with van der Waals surface area (Å²) in [6.45, 7) is 2.00. The smallest absolute Gasteiger partial charge is 0.142 e. The molecule has 1 aromatic heterocycles. The number of hydrogen-bond acceptors (Lipinski definition) is 2. The number of fused-ring (bicyclic) bond motifs is 1. The molecule has 0 saturated heterocycles. The van der Waals surface area contributed by atoms with Crippen LogP contribution in [0.3, 0.4) is 0 Å². The number of nitrogens with two attached hydrogens (primary N) is 1. The second-order valence-electron chi connectivity index (χ2n) is 4.52. The highest BCUT2D eigenvalue weighted by Gasteiger charge is 2.15. The average Bonchev–Trinajstić information content (AvgIpc) is 2.78. The van der Waals surface area contributed by atoms with Gasteiger partial charge in [0, 0.05) is 4.47 Å². The molecule has 3 nitrogen and oxygen atoms in total. The first kappa shape index (κ1) is 13.7. The monoisotopic (exact) mass is 369 g/mol. The van der Waals surface area contributed by atoms with Crippen molar-refractivity contribution in [2.24, 2.45) is 0 Å². The molecule has 2 aromatic carbocycles. The Morgan fingerprint density at radius 1 is 1.20 bits per heavy atom. The Hall–Kier alpha value is -1.23. The van der Waals surface area contributed by atoms with E-state index >= 15 is 0 Å². The summed E-state index contributed by atoms with van der Waals surface area (Å²) in [5.41, 5.74) is 9.95. The molecule has 20 heavy (non-hydrogen) atoms. The SMILES string of the molecule is Cc1cc(Br)cc2[nH]c(-c3c(Cl)ccc(Cl)c3N)nc12. The largest absolute Gasteiger partial charge is 0.397 e. The molecular weight excluding hydrogens is 361 g/mol. The van der Waals surface area contributed by atoms with Gasteiger partial charge >= 0.3 is 0 Å². The van der Waals surface area contributed by atoms with E-state index in [9.17, 15) is 0 Å². The second kappa shape index (κ2) is 4.95. The van der Waals surface area contributed by atoms with Gasteiger partial charge < -0.3 is 10.7 Å². The highest BCUT2D eigenvalue weighted by Crippen LogP contribution is 2.37. The van der Waals surface area contributed by atoms with Crippen LogP contribution >= 0.6 is 39.1 Å². The third-order valence-electron chi connectivity index (χ3n) is 3.12. The maximum absolute atomic E-state index is 6.23. The second-order valence-corrected chi connectivity index (χ2v) is 6.25. The molecule has 0 saturated carbocycles. The number of halogens is 3. The Kier molecular flexibility index (Phi) is 3.40. The highest BCUT2D eigenvalue weighted by molar-refractivity contribution is 9.10. The summed E-state index contributed by atoms with van der Waals surface area (Å²) in [5, 5.41) is 0.977. The average molecular weight is 371 g/mol. The van der Waals surface area contributed by atoms with Gasteiger partial charge in [0.25, 0.3) is 0 Å². The summed E-state index contributed by atoms with van der Waals surface area (Å²) in [6, 6.07) is 7.36. The lowest BCUT2D eigenvalue weighted by Crippen LogP contribution is -1.93. The van der Waals surface area contributed by atoms with Crippen LogP contribution in [0, 0.1) is 6.92 Å². The van der Waals surface area contributed by atoms with Gasteiger partial charge in [-0.25, -0.2) is 4.98 Å². The van der Waals surface area contributed by atoms with Gasteiger partial charge in [-0.05, 0) is 36.8 Å². The van der Waals surface area contributed by atoms with Crippen LogP contribution in [-0.4, -0.2) is 9.97 Å². The van der Waals surface area contributed by atoms with Gasteiger partial charge in [-0.3, -0.25) is 0 Å². The first-order valence-electron chi connectivity index (χ1n) is 5.87. The van der Waals surface area contributed by atoms with Gasteiger partial charge in [0.05, 0.1) is 32.3 Å². The van der Waals surface area contributed by atoms with Crippen LogP contribution in [0.15, 0.2) is 28.7 Å². The van der Waals surface area contributed by atoms with Crippen LogP contribution < -0.4 is 5.73 Å². The van der Waals surface area contributed by atoms with Crippen molar-refractivity contribution in [3.05, 3.63) is 44.3 Å². The molecule has 6 heteroatoms. The lowest BCUT2D eigenvalue weighted by molar-refractivity contribution is 1.33. The van der Waals surface area contributed by atoms with E-state index in [1.165, 1.54) is 0 Å². The van der Waals surface area contributed by atoms with E-state index in [0.29, 0.717) is 27.1 Å². The van der Waals surface area contributed by atoms with Gasteiger partial charge in [0.15, 0.2) is 0 Å². The predicted molar refractivity (Wildman–Crippen MR) is 88.4 cm³/mol.